The zero-order valence-electron chi connectivity index (χ0n) is 19.2. The summed E-state index contributed by atoms with van der Waals surface area (Å²) in [6.07, 6.45) is 9.52. The van der Waals surface area contributed by atoms with Crippen molar-refractivity contribution < 1.29 is 19.4 Å². The van der Waals surface area contributed by atoms with Gasteiger partial charge in [0.15, 0.2) is 0 Å². The average Bonchev–Trinajstić information content (AvgIpc) is 2.85. The first-order valence-electron chi connectivity index (χ1n) is 11.5. The van der Waals surface area contributed by atoms with Crippen LogP contribution in [0.25, 0.3) is 0 Å². The Kier molecular flexibility index (Phi) is 13.1. The van der Waals surface area contributed by atoms with Gasteiger partial charge in [-0.15, -0.1) is 0 Å². The smallest absolute Gasteiger partial charge is 0.330 e. The van der Waals surface area contributed by atoms with Crippen LogP contribution in [0, 0.1) is 0 Å². The fraction of sp³-hybridized carbons (Fsp3) is 0.444. The quantitative estimate of drug-likeness (QED) is 0.428. The van der Waals surface area contributed by atoms with E-state index in [1.54, 1.807) is 0 Å². The lowest BCUT2D eigenvalue weighted by atomic mass is 9.98. The number of methoxy groups -OCH3 is 1. The van der Waals surface area contributed by atoms with Crippen LogP contribution < -0.4 is 0 Å². The summed E-state index contributed by atoms with van der Waals surface area (Å²) in [6, 6.07) is 21.5. The third-order valence-electron chi connectivity index (χ3n) is 5.37. The minimum absolute atomic E-state index is 0.130. The van der Waals surface area contributed by atoms with Gasteiger partial charge in [0.05, 0.1) is 26.4 Å². The molecule has 3 rings (SSSR count). The molecule has 0 aromatic heterocycles. The van der Waals surface area contributed by atoms with Crippen molar-refractivity contribution >= 4 is 5.97 Å². The van der Waals surface area contributed by atoms with E-state index >= 15 is 0 Å². The summed E-state index contributed by atoms with van der Waals surface area (Å²) in [4.78, 5) is 12.6. The van der Waals surface area contributed by atoms with E-state index in [1.807, 2.05) is 0 Å². The molecule has 32 heavy (non-hydrogen) atoms. The Morgan fingerprint density at radius 3 is 2.03 bits per heavy atom. The second-order valence-electron chi connectivity index (χ2n) is 7.92. The molecule has 0 bridgehead atoms. The van der Waals surface area contributed by atoms with E-state index in [-0.39, 0.29) is 6.61 Å². The minimum Gasteiger partial charge on any atom is -0.466 e. The minimum atomic E-state index is -0.445. The number of aliphatic hydroxyl groups is 1. The maximum absolute atomic E-state index is 10.2. The molecule has 0 amide bonds. The number of benzene rings is 2. The van der Waals surface area contributed by atoms with E-state index < -0.39 is 5.97 Å². The van der Waals surface area contributed by atoms with Gasteiger partial charge in [-0.25, -0.2) is 4.79 Å². The third kappa shape index (κ3) is 11.2. The van der Waals surface area contributed by atoms with Crippen LogP contribution in [0.3, 0.4) is 0 Å². The summed E-state index contributed by atoms with van der Waals surface area (Å²) >= 11 is 0. The van der Waals surface area contributed by atoms with Crippen LogP contribution in [0.15, 0.2) is 72.8 Å². The highest BCUT2D eigenvalue weighted by atomic mass is 16.5. The largest absolute Gasteiger partial charge is 0.466 e. The zero-order chi connectivity index (χ0) is 22.9. The highest BCUT2D eigenvalue weighted by Gasteiger charge is 2.14. The number of aliphatic hydroxyl groups excluding tert-OH is 1. The van der Waals surface area contributed by atoms with Crippen LogP contribution in [0.5, 0.6) is 0 Å². The Morgan fingerprint density at radius 1 is 0.969 bits per heavy atom. The van der Waals surface area contributed by atoms with Crippen molar-refractivity contribution in [1.82, 2.24) is 4.90 Å². The van der Waals surface area contributed by atoms with Gasteiger partial charge in [-0.05, 0) is 24.0 Å². The Hall–Kier alpha value is -2.47. The van der Waals surface area contributed by atoms with E-state index in [4.69, 9.17) is 9.84 Å². The Labute approximate surface area is 192 Å². The van der Waals surface area contributed by atoms with Gasteiger partial charge >= 0.3 is 5.97 Å². The number of hydrogen-bond donors (Lipinski definition) is 1. The van der Waals surface area contributed by atoms with E-state index in [0.29, 0.717) is 6.10 Å². The van der Waals surface area contributed by atoms with Gasteiger partial charge < -0.3 is 14.6 Å². The number of hydrogen-bond acceptors (Lipinski definition) is 5. The molecule has 1 saturated carbocycles. The molecule has 2 aromatic carbocycles. The van der Waals surface area contributed by atoms with Crippen molar-refractivity contribution in [1.29, 1.82) is 0 Å². The summed E-state index contributed by atoms with van der Waals surface area (Å²) in [6.45, 7) is 3.65. The fourth-order valence-electron chi connectivity index (χ4n) is 3.69. The topological polar surface area (TPSA) is 59.0 Å². The normalized spacial score (nSPS) is 14.2. The van der Waals surface area contributed by atoms with E-state index in [2.05, 4.69) is 70.3 Å². The molecule has 0 spiro atoms. The molecule has 0 saturated heterocycles. The monoisotopic (exact) mass is 439 g/mol. The van der Waals surface area contributed by atoms with Crippen molar-refractivity contribution in [2.24, 2.45) is 0 Å². The number of carbonyl (C=O) groups excluding carboxylic acids is 1. The first-order valence-corrected chi connectivity index (χ1v) is 11.5. The van der Waals surface area contributed by atoms with Crippen LogP contribution in [0.2, 0.25) is 0 Å². The van der Waals surface area contributed by atoms with Crippen LogP contribution in [-0.2, 0) is 27.4 Å². The van der Waals surface area contributed by atoms with Crippen molar-refractivity contribution in [2.45, 2.75) is 51.3 Å². The van der Waals surface area contributed by atoms with Gasteiger partial charge in [0.1, 0.15) is 0 Å². The maximum Gasteiger partial charge on any atom is 0.330 e. The summed E-state index contributed by atoms with van der Waals surface area (Å²) in [5, 5.41) is 8.12. The molecule has 0 heterocycles. The molecule has 1 fully saturated rings. The van der Waals surface area contributed by atoms with E-state index in [0.717, 1.165) is 26.2 Å². The SMILES string of the molecule is COC(=O)/C=C/CO.c1ccc(CN(CCOC2CCCCC2)Cc2ccccc2)cc1. The van der Waals surface area contributed by atoms with Crippen molar-refractivity contribution in [3.8, 4) is 0 Å². The average molecular weight is 440 g/mol. The van der Waals surface area contributed by atoms with Crippen molar-refractivity contribution in [3.63, 3.8) is 0 Å². The van der Waals surface area contributed by atoms with Gasteiger partial charge in [-0.1, -0.05) is 86.0 Å². The molecular formula is C27H37NO4. The van der Waals surface area contributed by atoms with Gasteiger partial charge in [0, 0.05) is 25.7 Å². The number of nitrogens with zero attached hydrogens (tertiary/aromatic N) is 1. The number of ether oxygens (including phenoxy) is 2. The summed E-state index contributed by atoms with van der Waals surface area (Å²) in [5.74, 6) is -0.445. The molecule has 174 valence electrons. The standard InChI is InChI=1S/C22H29NO.C5H8O3/c1-4-10-20(11-5-1)18-23(19-21-12-6-2-7-13-21)16-17-24-22-14-8-3-9-15-22;1-8-5(7)3-2-4-6/h1-2,4-7,10-13,22H,3,8-9,14-19H2;2-3,6H,4H2,1H3/b;3-2+. The Morgan fingerprint density at radius 2 is 1.53 bits per heavy atom. The first-order chi connectivity index (χ1) is 15.7. The summed E-state index contributed by atoms with van der Waals surface area (Å²) < 4.78 is 10.4. The molecular weight excluding hydrogens is 402 g/mol. The lowest BCUT2D eigenvalue weighted by molar-refractivity contribution is -0.134. The molecule has 0 atom stereocenters. The number of esters is 1. The third-order valence-corrected chi connectivity index (χ3v) is 5.37. The highest BCUT2D eigenvalue weighted by molar-refractivity contribution is 5.81. The maximum atomic E-state index is 10.2. The van der Waals surface area contributed by atoms with E-state index in [9.17, 15) is 4.79 Å². The van der Waals surface area contributed by atoms with Gasteiger partial charge in [0.25, 0.3) is 0 Å². The summed E-state index contributed by atoms with van der Waals surface area (Å²) in [7, 11) is 1.28. The summed E-state index contributed by atoms with van der Waals surface area (Å²) in [5.41, 5.74) is 2.73. The second kappa shape index (κ2) is 16.2. The molecule has 1 N–H and O–H groups in total. The van der Waals surface area contributed by atoms with E-state index in [1.165, 1.54) is 62.5 Å². The Bertz CT molecular complexity index is 716. The highest BCUT2D eigenvalue weighted by Crippen LogP contribution is 2.20. The molecule has 2 aromatic rings. The van der Waals surface area contributed by atoms with Crippen LogP contribution >= 0.6 is 0 Å². The lowest BCUT2D eigenvalue weighted by Gasteiger charge is -2.26. The van der Waals surface area contributed by atoms with Gasteiger partial charge in [-0.2, -0.15) is 0 Å². The number of carbonyl (C=O) groups is 1. The molecule has 1 aliphatic rings. The number of rotatable bonds is 10. The molecule has 0 aliphatic heterocycles. The van der Waals surface area contributed by atoms with Gasteiger partial charge in [0.2, 0.25) is 0 Å². The van der Waals surface area contributed by atoms with Crippen molar-refractivity contribution in [3.05, 3.63) is 83.9 Å². The molecule has 5 heteroatoms. The zero-order valence-corrected chi connectivity index (χ0v) is 19.2. The lowest BCUT2D eigenvalue weighted by Crippen LogP contribution is -2.29. The second-order valence-corrected chi connectivity index (χ2v) is 7.92. The van der Waals surface area contributed by atoms with Crippen LogP contribution in [0.1, 0.15) is 43.2 Å². The Balaban J connectivity index is 0.000000390. The van der Waals surface area contributed by atoms with Crippen LogP contribution in [-0.4, -0.2) is 48.9 Å². The predicted octanol–water partition coefficient (Wildman–Crippen LogP) is 4.75. The van der Waals surface area contributed by atoms with Gasteiger partial charge in [-0.3, -0.25) is 4.90 Å². The molecule has 5 nitrogen and oxygen atoms in total. The predicted molar refractivity (Wildman–Crippen MR) is 128 cm³/mol. The first kappa shape index (κ1) is 25.8. The molecule has 0 radical (unpaired) electrons. The van der Waals surface area contributed by atoms with Crippen LogP contribution in [0.4, 0.5) is 0 Å². The fourth-order valence-corrected chi connectivity index (χ4v) is 3.69. The molecule has 0 unspecified atom stereocenters. The van der Waals surface area contributed by atoms with Crippen molar-refractivity contribution in [2.75, 3.05) is 26.9 Å². The molecule has 1 aliphatic carbocycles.